The van der Waals surface area contributed by atoms with Crippen molar-refractivity contribution < 1.29 is 4.79 Å². The SMILES string of the molecule is CC1NC(c2ccsc2)N(C2CCCC2(C)C)C1=O. The molecule has 0 aromatic carbocycles. The normalized spacial score (nSPS) is 34.2. The number of carbonyl (C=O) groups excluding carboxylic acids is 1. The number of thiophene rings is 1. The van der Waals surface area contributed by atoms with Gasteiger partial charge >= 0.3 is 0 Å². The average Bonchev–Trinajstić information content (AvgIpc) is 3.02. The first-order chi connectivity index (χ1) is 9.00. The number of hydrogen-bond acceptors (Lipinski definition) is 3. The van der Waals surface area contributed by atoms with Gasteiger partial charge in [0.25, 0.3) is 0 Å². The van der Waals surface area contributed by atoms with E-state index in [-0.39, 0.29) is 23.5 Å². The molecule has 1 aliphatic carbocycles. The van der Waals surface area contributed by atoms with E-state index < -0.39 is 0 Å². The lowest BCUT2D eigenvalue weighted by Crippen LogP contribution is -2.45. The molecule has 3 rings (SSSR count). The molecule has 1 aliphatic heterocycles. The summed E-state index contributed by atoms with van der Waals surface area (Å²) in [6.07, 6.45) is 3.64. The number of carbonyl (C=O) groups is 1. The average molecular weight is 278 g/mol. The van der Waals surface area contributed by atoms with Crippen LogP contribution in [0.25, 0.3) is 0 Å². The number of nitrogens with zero attached hydrogens (tertiary/aromatic N) is 1. The second-order valence-corrected chi connectivity index (χ2v) is 7.27. The Hall–Kier alpha value is -0.870. The molecule has 2 heterocycles. The molecule has 2 aliphatic rings. The van der Waals surface area contributed by atoms with Crippen LogP contribution < -0.4 is 5.32 Å². The van der Waals surface area contributed by atoms with Gasteiger partial charge in [-0.15, -0.1) is 0 Å². The Balaban J connectivity index is 1.94. The lowest BCUT2D eigenvalue weighted by Gasteiger charge is -2.38. The molecule has 0 radical (unpaired) electrons. The van der Waals surface area contributed by atoms with Crippen LogP contribution in [-0.4, -0.2) is 22.9 Å². The highest BCUT2D eigenvalue weighted by Gasteiger charge is 2.48. The lowest BCUT2D eigenvalue weighted by molar-refractivity contribution is -0.134. The fourth-order valence-electron chi connectivity index (χ4n) is 3.58. The summed E-state index contributed by atoms with van der Waals surface area (Å²) in [6.45, 7) is 6.57. The van der Waals surface area contributed by atoms with Gasteiger partial charge in [-0.1, -0.05) is 20.3 Å². The second-order valence-electron chi connectivity index (χ2n) is 6.49. The first kappa shape index (κ1) is 13.1. The van der Waals surface area contributed by atoms with Crippen LogP contribution in [-0.2, 0) is 4.79 Å². The van der Waals surface area contributed by atoms with E-state index in [1.807, 2.05) is 6.92 Å². The fraction of sp³-hybridized carbons (Fsp3) is 0.667. The Morgan fingerprint density at radius 3 is 2.84 bits per heavy atom. The van der Waals surface area contributed by atoms with Crippen LogP contribution >= 0.6 is 11.3 Å². The molecule has 1 saturated heterocycles. The van der Waals surface area contributed by atoms with Crippen LogP contribution in [0.3, 0.4) is 0 Å². The molecule has 19 heavy (non-hydrogen) atoms. The van der Waals surface area contributed by atoms with E-state index in [1.54, 1.807) is 11.3 Å². The first-order valence-corrected chi connectivity index (χ1v) is 8.05. The van der Waals surface area contributed by atoms with Gasteiger partial charge in [0, 0.05) is 6.04 Å². The highest BCUT2D eigenvalue weighted by molar-refractivity contribution is 7.07. The number of amides is 1. The Labute approximate surface area is 119 Å². The van der Waals surface area contributed by atoms with Crippen molar-refractivity contribution in [3.8, 4) is 0 Å². The topological polar surface area (TPSA) is 32.3 Å². The molecule has 3 atom stereocenters. The van der Waals surface area contributed by atoms with E-state index in [0.29, 0.717) is 6.04 Å². The van der Waals surface area contributed by atoms with E-state index in [0.717, 1.165) is 6.42 Å². The molecule has 1 N–H and O–H groups in total. The van der Waals surface area contributed by atoms with Crippen LogP contribution in [0.2, 0.25) is 0 Å². The molecule has 1 aromatic heterocycles. The third-order valence-corrected chi connectivity index (χ3v) is 5.41. The second kappa shape index (κ2) is 4.60. The highest BCUT2D eigenvalue weighted by atomic mass is 32.1. The van der Waals surface area contributed by atoms with Crippen molar-refractivity contribution in [2.24, 2.45) is 5.41 Å². The van der Waals surface area contributed by atoms with E-state index in [9.17, 15) is 4.79 Å². The van der Waals surface area contributed by atoms with E-state index in [1.165, 1.54) is 18.4 Å². The number of rotatable bonds is 2. The Morgan fingerprint density at radius 2 is 2.26 bits per heavy atom. The lowest BCUT2D eigenvalue weighted by atomic mass is 9.86. The van der Waals surface area contributed by atoms with Gasteiger partial charge in [0.15, 0.2) is 0 Å². The molecule has 0 spiro atoms. The predicted octanol–water partition coefficient (Wildman–Crippen LogP) is 3.15. The largest absolute Gasteiger partial charge is 0.318 e. The molecular weight excluding hydrogens is 256 g/mol. The smallest absolute Gasteiger partial charge is 0.241 e. The van der Waals surface area contributed by atoms with Crippen LogP contribution in [0.1, 0.15) is 51.8 Å². The number of hydrogen-bond donors (Lipinski definition) is 1. The Kier molecular flexibility index (Phi) is 3.18. The highest BCUT2D eigenvalue weighted by Crippen LogP contribution is 2.44. The van der Waals surface area contributed by atoms with Gasteiger partial charge in [-0.25, -0.2) is 0 Å². The van der Waals surface area contributed by atoms with Crippen LogP contribution in [0.5, 0.6) is 0 Å². The molecule has 4 heteroatoms. The molecule has 104 valence electrons. The summed E-state index contributed by atoms with van der Waals surface area (Å²) in [5, 5.41) is 7.69. The van der Waals surface area contributed by atoms with E-state index in [2.05, 4.69) is 40.9 Å². The maximum atomic E-state index is 12.6. The summed E-state index contributed by atoms with van der Waals surface area (Å²) >= 11 is 1.70. The summed E-state index contributed by atoms with van der Waals surface area (Å²) in [6, 6.07) is 2.42. The fourth-order valence-corrected chi connectivity index (χ4v) is 4.26. The van der Waals surface area contributed by atoms with Crippen molar-refractivity contribution in [1.82, 2.24) is 10.2 Å². The minimum absolute atomic E-state index is 0.0659. The van der Waals surface area contributed by atoms with Crippen molar-refractivity contribution in [2.45, 2.75) is 58.3 Å². The molecule has 2 fully saturated rings. The molecule has 3 nitrogen and oxygen atoms in total. The summed E-state index contributed by atoms with van der Waals surface area (Å²) in [4.78, 5) is 14.7. The Morgan fingerprint density at radius 1 is 1.47 bits per heavy atom. The summed E-state index contributed by atoms with van der Waals surface area (Å²) in [5.74, 6) is 0.260. The summed E-state index contributed by atoms with van der Waals surface area (Å²) < 4.78 is 0. The minimum Gasteiger partial charge on any atom is -0.318 e. The zero-order chi connectivity index (χ0) is 13.6. The van der Waals surface area contributed by atoms with Crippen LogP contribution in [0.4, 0.5) is 0 Å². The summed E-state index contributed by atoms with van der Waals surface area (Å²) in [7, 11) is 0. The van der Waals surface area contributed by atoms with Gasteiger partial charge in [0.05, 0.1) is 6.04 Å². The molecule has 0 bridgehead atoms. The van der Waals surface area contributed by atoms with Crippen LogP contribution in [0.15, 0.2) is 16.8 Å². The van der Waals surface area contributed by atoms with Crippen molar-refractivity contribution >= 4 is 17.2 Å². The third-order valence-electron chi connectivity index (χ3n) is 4.71. The van der Waals surface area contributed by atoms with Crippen molar-refractivity contribution in [3.63, 3.8) is 0 Å². The molecule has 1 saturated carbocycles. The minimum atomic E-state index is -0.0682. The van der Waals surface area contributed by atoms with E-state index >= 15 is 0 Å². The molecule has 3 unspecified atom stereocenters. The zero-order valence-corrected chi connectivity index (χ0v) is 12.7. The van der Waals surface area contributed by atoms with Crippen molar-refractivity contribution in [3.05, 3.63) is 22.4 Å². The third kappa shape index (κ3) is 2.11. The van der Waals surface area contributed by atoms with Crippen molar-refractivity contribution in [2.75, 3.05) is 0 Å². The zero-order valence-electron chi connectivity index (χ0n) is 11.8. The van der Waals surface area contributed by atoms with Gasteiger partial charge < -0.3 is 4.90 Å². The monoisotopic (exact) mass is 278 g/mol. The van der Waals surface area contributed by atoms with Crippen molar-refractivity contribution in [1.29, 1.82) is 0 Å². The van der Waals surface area contributed by atoms with E-state index in [4.69, 9.17) is 0 Å². The van der Waals surface area contributed by atoms with Gasteiger partial charge in [0.2, 0.25) is 5.91 Å². The first-order valence-electron chi connectivity index (χ1n) is 7.11. The van der Waals surface area contributed by atoms with Gasteiger partial charge in [-0.3, -0.25) is 10.1 Å². The summed E-state index contributed by atoms with van der Waals surface area (Å²) in [5.41, 5.74) is 1.46. The molecule has 1 amide bonds. The van der Waals surface area contributed by atoms with Gasteiger partial charge in [0.1, 0.15) is 6.17 Å². The maximum absolute atomic E-state index is 12.6. The van der Waals surface area contributed by atoms with Gasteiger partial charge in [-0.05, 0) is 47.6 Å². The molecular formula is C15H22N2OS. The Bertz CT molecular complexity index is 468. The van der Waals surface area contributed by atoms with Gasteiger partial charge in [-0.2, -0.15) is 11.3 Å². The van der Waals surface area contributed by atoms with Crippen LogP contribution in [0, 0.1) is 5.41 Å². The predicted molar refractivity (Wildman–Crippen MR) is 77.9 cm³/mol. The number of nitrogens with one attached hydrogen (secondary N) is 1. The molecule has 1 aromatic rings. The standard InChI is InChI=1S/C15H22N2OS/c1-10-14(18)17(12-5-4-7-15(12,2)3)13(16-10)11-6-8-19-9-11/h6,8-10,12-13,16H,4-5,7H2,1-3H3. The maximum Gasteiger partial charge on any atom is 0.241 e. The quantitative estimate of drug-likeness (QED) is 0.901.